The molecule has 0 saturated heterocycles. The van der Waals surface area contributed by atoms with Gasteiger partial charge in [0, 0.05) is 0 Å². The molecule has 1 aromatic rings. The van der Waals surface area contributed by atoms with Gasteiger partial charge in [-0.25, -0.2) is 0 Å². The number of halogens is 1. The third kappa shape index (κ3) is 2.74. The van der Waals surface area contributed by atoms with Gasteiger partial charge in [0.2, 0.25) is 0 Å². The van der Waals surface area contributed by atoms with E-state index in [0.29, 0.717) is 11.7 Å². The van der Waals surface area contributed by atoms with Gasteiger partial charge < -0.3 is 4.74 Å². The van der Waals surface area contributed by atoms with Crippen LogP contribution in [0.15, 0.2) is 24.3 Å². The summed E-state index contributed by atoms with van der Waals surface area (Å²) in [7, 11) is 0. The van der Waals surface area contributed by atoms with Gasteiger partial charge in [-0.3, -0.25) is 4.79 Å². The minimum Gasteiger partial charge on any atom is -0.425 e. The smallest absolute Gasteiger partial charge is 0.326 e. The molecule has 0 amide bonds. The van der Waals surface area contributed by atoms with Crippen molar-refractivity contribution >= 4 is 17.6 Å². The Bertz CT molecular complexity index is 321. The summed E-state index contributed by atoms with van der Waals surface area (Å²) in [6, 6.07) is 7.48. The quantitative estimate of drug-likeness (QED) is 0.438. The molecule has 76 valence electrons. The van der Waals surface area contributed by atoms with Gasteiger partial charge in [-0.05, 0) is 17.5 Å². The fourth-order valence-corrected chi connectivity index (χ4v) is 1.25. The lowest BCUT2D eigenvalue weighted by atomic mass is 10.0. The van der Waals surface area contributed by atoms with Crippen molar-refractivity contribution in [2.45, 2.75) is 19.8 Å². The Morgan fingerprint density at radius 2 is 2.07 bits per heavy atom. The zero-order valence-electron chi connectivity index (χ0n) is 8.29. The van der Waals surface area contributed by atoms with E-state index < -0.39 is 5.97 Å². The lowest BCUT2D eigenvalue weighted by molar-refractivity contribution is -0.131. The number of benzene rings is 1. The molecule has 0 unspecified atom stereocenters. The number of hydrogen-bond donors (Lipinski definition) is 0. The molecule has 2 nitrogen and oxygen atoms in total. The lowest BCUT2D eigenvalue weighted by Crippen LogP contribution is -2.10. The van der Waals surface area contributed by atoms with Crippen LogP contribution in [-0.4, -0.2) is 11.8 Å². The van der Waals surface area contributed by atoms with Crippen LogP contribution in [0, 0.1) is 0 Å². The van der Waals surface area contributed by atoms with E-state index in [0.717, 1.165) is 5.56 Å². The van der Waals surface area contributed by atoms with Crippen LogP contribution in [0.5, 0.6) is 5.75 Å². The zero-order valence-corrected chi connectivity index (χ0v) is 9.04. The SMILES string of the molecule is CC(C)c1ccccc1OC(=O)CCl. The van der Waals surface area contributed by atoms with Gasteiger partial charge in [-0.1, -0.05) is 32.0 Å². The van der Waals surface area contributed by atoms with Crippen LogP contribution < -0.4 is 4.74 Å². The van der Waals surface area contributed by atoms with Crippen molar-refractivity contribution in [1.82, 2.24) is 0 Å². The highest BCUT2D eigenvalue weighted by molar-refractivity contribution is 6.26. The summed E-state index contributed by atoms with van der Waals surface area (Å²) >= 11 is 5.36. The summed E-state index contributed by atoms with van der Waals surface area (Å²) in [6.45, 7) is 4.10. The van der Waals surface area contributed by atoms with Crippen molar-refractivity contribution in [3.63, 3.8) is 0 Å². The first-order valence-electron chi connectivity index (χ1n) is 4.50. The highest BCUT2D eigenvalue weighted by Crippen LogP contribution is 2.25. The molecule has 1 rings (SSSR count). The Morgan fingerprint density at radius 1 is 1.43 bits per heavy atom. The van der Waals surface area contributed by atoms with Crippen LogP contribution in [0.3, 0.4) is 0 Å². The first kappa shape index (κ1) is 11.1. The lowest BCUT2D eigenvalue weighted by Gasteiger charge is -2.11. The molecule has 0 aromatic heterocycles. The summed E-state index contributed by atoms with van der Waals surface area (Å²) < 4.78 is 5.09. The Balaban J connectivity index is 2.90. The normalized spacial score (nSPS) is 10.3. The molecule has 0 bridgehead atoms. The fraction of sp³-hybridized carbons (Fsp3) is 0.364. The number of ether oxygens (including phenoxy) is 1. The average molecular weight is 213 g/mol. The van der Waals surface area contributed by atoms with Gasteiger partial charge in [0.1, 0.15) is 11.6 Å². The zero-order chi connectivity index (χ0) is 10.6. The molecular formula is C11H13ClO2. The second-order valence-electron chi connectivity index (χ2n) is 3.30. The van der Waals surface area contributed by atoms with E-state index in [-0.39, 0.29) is 5.88 Å². The summed E-state index contributed by atoms with van der Waals surface area (Å²) in [5.74, 6) is 0.397. The van der Waals surface area contributed by atoms with Gasteiger partial charge in [0.15, 0.2) is 0 Å². The van der Waals surface area contributed by atoms with Crippen LogP contribution in [0.25, 0.3) is 0 Å². The predicted molar refractivity (Wildman–Crippen MR) is 56.9 cm³/mol. The molecule has 0 aliphatic rings. The largest absolute Gasteiger partial charge is 0.425 e. The Kier molecular flexibility index (Phi) is 3.96. The summed E-state index contributed by atoms with van der Waals surface area (Å²) in [5.41, 5.74) is 1.02. The minimum absolute atomic E-state index is 0.119. The number of carbonyl (C=O) groups is 1. The molecule has 14 heavy (non-hydrogen) atoms. The van der Waals surface area contributed by atoms with Crippen molar-refractivity contribution in [2.75, 3.05) is 5.88 Å². The number of alkyl halides is 1. The van der Waals surface area contributed by atoms with Crippen molar-refractivity contribution in [1.29, 1.82) is 0 Å². The summed E-state index contributed by atoms with van der Waals surface area (Å²) in [5, 5.41) is 0. The summed E-state index contributed by atoms with van der Waals surface area (Å²) in [6.07, 6.45) is 0. The topological polar surface area (TPSA) is 26.3 Å². The van der Waals surface area contributed by atoms with Gasteiger partial charge in [-0.15, -0.1) is 11.6 Å². The number of para-hydroxylation sites is 1. The third-order valence-electron chi connectivity index (χ3n) is 1.87. The number of carbonyl (C=O) groups excluding carboxylic acids is 1. The molecule has 3 heteroatoms. The van der Waals surface area contributed by atoms with Crippen LogP contribution in [0.4, 0.5) is 0 Å². The predicted octanol–water partition coefficient (Wildman–Crippen LogP) is 2.95. The van der Waals surface area contributed by atoms with Gasteiger partial charge in [0.05, 0.1) is 0 Å². The van der Waals surface area contributed by atoms with Gasteiger partial charge in [-0.2, -0.15) is 0 Å². The third-order valence-corrected chi connectivity index (χ3v) is 2.09. The molecule has 1 aromatic carbocycles. The van der Waals surface area contributed by atoms with Gasteiger partial charge >= 0.3 is 5.97 Å². The highest BCUT2D eigenvalue weighted by atomic mass is 35.5. The molecule has 0 N–H and O–H groups in total. The van der Waals surface area contributed by atoms with E-state index in [1.807, 2.05) is 32.0 Å². The standard InChI is InChI=1S/C11H13ClO2/c1-8(2)9-5-3-4-6-10(9)14-11(13)7-12/h3-6,8H,7H2,1-2H3. The van der Waals surface area contributed by atoms with Crippen molar-refractivity contribution in [3.05, 3.63) is 29.8 Å². The molecule has 0 heterocycles. The maximum Gasteiger partial charge on any atom is 0.326 e. The van der Waals surface area contributed by atoms with Crippen molar-refractivity contribution in [3.8, 4) is 5.75 Å². The van der Waals surface area contributed by atoms with E-state index in [1.54, 1.807) is 6.07 Å². The van der Waals surface area contributed by atoms with E-state index in [2.05, 4.69) is 0 Å². The molecule has 0 fully saturated rings. The van der Waals surface area contributed by atoms with Crippen molar-refractivity contribution in [2.24, 2.45) is 0 Å². The molecule has 0 spiro atoms. The van der Waals surface area contributed by atoms with Crippen LogP contribution >= 0.6 is 11.6 Å². The highest BCUT2D eigenvalue weighted by Gasteiger charge is 2.09. The first-order chi connectivity index (χ1) is 6.65. The minimum atomic E-state index is -0.417. The molecule has 0 saturated carbocycles. The first-order valence-corrected chi connectivity index (χ1v) is 5.04. The van der Waals surface area contributed by atoms with Crippen LogP contribution in [-0.2, 0) is 4.79 Å². The van der Waals surface area contributed by atoms with E-state index in [9.17, 15) is 4.79 Å². The van der Waals surface area contributed by atoms with Crippen molar-refractivity contribution < 1.29 is 9.53 Å². The van der Waals surface area contributed by atoms with Gasteiger partial charge in [0.25, 0.3) is 0 Å². The number of esters is 1. The Morgan fingerprint density at radius 3 is 2.64 bits per heavy atom. The van der Waals surface area contributed by atoms with E-state index >= 15 is 0 Å². The molecule has 0 aliphatic heterocycles. The number of hydrogen-bond acceptors (Lipinski definition) is 2. The Hall–Kier alpha value is -1.02. The van der Waals surface area contributed by atoms with E-state index in [4.69, 9.17) is 16.3 Å². The molecular weight excluding hydrogens is 200 g/mol. The van der Waals surface area contributed by atoms with E-state index in [1.165, 1.54) is 0 Å². The second-order valence-corrected chi connectivity index (χ2v) is 3.57. The van der Waals surface area contributed by atoms with Crippen LogP contribution in [0.2, 0.25) is 0 Å². The summed E-state index contributed by atoms with van der Waals surface area (Å²) in [4.78, 5) is 11.0. The fourth-order valence-electron chi connectivity index (χ4n) is 1.20. The maximum atomic E-state index is 11.0. The molecule has 0 atom stereocenters. The molecule has 0 aliphatic carbocycles. The maximum absolute atomic E-state index is 11.0. The Labute approximate surface area is 88.8 Å². The second kappa shape index (κ2) is 5.01. The van der Waals surface area contributed by atoms with Crippen LogP contribution in [0.1, 0.15) is 25.3 Å². The monoisotopic (exact) mass is 212 g/mol. The molecule has 0 radical (unpaired) electrons. The average Bonchev–Trinajstić information content (AvgIpc) is 2.18. The number of rotatable bonds is 3.